The van der Waals surface area contributed by atoms with Gasteiger partial charge in [-0.1, -0.05) is 13.8 Å². The van der Waals surface area contributed by atoms with Crippen LogP contribution in [0.5, 0.6) is 0 Å². The Bertz CT molecular complexity index is 709. The summed E-state index contributed by atoms with van der Waals surface area (Å²) in [5.41, 5.74) is 4.25. The topological polar surface area (TPSA) is 53.9 Å². The Kier molecular flexibility index (Phi) is 3.03. The van der Waals surface area contributed by atoms with E-state index in [1.54, 1.807) is 0 Å². The first-order valence-electron chi connectivity index (χ1n) is 6.74. The fraction of sp³-hybridized carbons (Fsp3) is 0.400. The number of aryl methyl sites for hydroxylation is 1. The lowest BCUT2D eigenvalue weighted by molar-refractivity contribution is 0.561. The number of nitrogens with zero attached hydrogens (tertiary/aromatic N) is 1. The Morgan fingerprint density at radius 1 is 1.37 bits per heavy atom. The van der Waals surface area contributed by atoms with E-state index in [1.807, 2.05) is 13.0 Å². The van der Waals surface area contributed by atoms with Gasteiger partial charge in [-0.3, -0.25) is 0 Å². The number of H-pyrrole nitrogens is 1. The number of aromatic amines is 1. The minimum atomic E-state index is 0.513. The maximum atomic E-state index is 5.60. The Hall–Kier alpha value is -1.81. The second-order valence-electron chi connectivity index (χ2n) is 5.24. The van der Waals surface area contributed by atoms with Gasteiger partial charge in [-0.25, -0.2) is 4.98 Å². The molecule has 0 radical (unpaired) electrons. The summed E-state index contributed by atoms with van der Waals surface area (Å²) < 4.78 is 5.60. The van der Waals surface area contributed by atoms with Gasteiger partial charge < -0.3 is 14.7 Å². The number of rotatable bonds is 4. The molecule has 2 heterocycles. The molecule has 100 valence electrons. The third kappa shape index (κ3) is 2.24. The molecule has 1 aromatic carbocycles. The lowest BCUT2D eigenvalue weighted by Gasteiger charge is -2.06. The van der Waals surface area contributed by atoms with Gasteiger partial charge in [-0.2, -0.15) is 0 Å². The first-order chi connectivity index (χ1) is 9.15. The first-order valence-corrected chi connectivity index (χ1v) is 6.74. The molecule has 3 rings (SSSR count). The quantitative estimate of drug-likeness (QED) is 0.755. The fourth-order valence-electron chi connectivity index (χ4n) is 2.48. The van der Waals surface area contributed by atoms with Crippen LogP contribution in [-0.4, -0.2) is 22.6 Å². The van der Waals surface area contributed by atoms with Crippen molar-refractivity contribution in [3.63, 3.8) is 0 Å². The maximum absolute atomic E-state index is 5.60. The lowest BCUT2D eigenvalue weighted by Crippen LogP contribution is -2.24. The van der Waals surface area contributed by atoms with Crippen LogP contribution in [0.2, 0.25) is 0 Å². The average Bonchev–Trinajstić information content (AvgIpc) is 2.90. The molecular weight excluding hydrogens is 238 g/mol. The molecule has 4 heteroatoms. The number of hydrogen-bond donors (Lipinski definition) is 2. The van der Waals surface area contributed by atoms with E-state index >= 15 is 0 Å². The molecule has 0 saturated heterocycles. The smallest absolute Gasteiger partial charge is 0.192 e. The number of aromatic nitrogens is 2. The number of hydrogen-bond acceptors (Lipinski definition) is 3. The summed E-state index contributed by atoms with van der Waals surface area (Å²) in [4.78, 5) is 7.83. The van der Waals surface area contributed by atoms with Gasteiger partial charge in [0, 0.05) is 30.1 Å². The van der Waals surface area contributed by atoms with Gasteiger partial charge in [-0.05, 0) is 30.7 Å². The summed E-state index contributed by atoms with van der Waals surface area (Å²) in [5.74, 6) is 0.718. The van der Waals surface area contributed by atoms with Gasteiger partial charge in [0.05, 0.1) is 0 Å². The van der Waals surface area contributed by atoms with E-state index in [4.69, 9.17) is 4.42 Å². The summed E-state index contributed by atoms with van der Waals surface area (Å²) in [5, 5.41) is 4.64. The summed E-state index contributed by atoms with van der Waals surface area (Å²) in [6.45, 7) is 7.18. The van der Waals surface area contributed by atoms with Crippen LogP contribution in [0.15, 0.2) is 22.7 Å². The number of nitrogens with one attached hydrogen (secondary N) is 2. The molecule has 0 saturated carbocycles. The molecule has 0 bridgehead atoms. The van der Waals surface area contributed by atoms with Crippen LogP contribution in [0, 0.1) is 6.92 Å². The van der Waals surface area contributed by atoms with Crippen molar-refractivity contribution in [1.82, 2.24) is 15.3 Å². The normalized spacial score (nSPS) is 12.0. The largest absolute Gasteiger partial charge is 0.441 e. The molecule has 0 atom stereocenters. The van der Waals surface area contributed by atoms with Gasteiger partial charge in [-0.15, -0.1) is 0 Å². The van der Waals surface area contributed by atoms with Gasteiger partial charge >= 0.3 is 0 Å². The predicted octanol–water partition coefficient (Wildman–Crippen LogP) is 3.16. The van der Waals surface area contributed by atoms with Crippen LogP contribution in [0.1, 0.15) is 25.3 Å². The first kappa shape index (κ1) is 12.2. The number of oxazole rings is 1. The van der Waals surface area contributed by atoms with Crippen molar-refractivity contribution >= 4 is 22.0 Å². The van der Waals surface area contributed by atoms with Crippen molar-refractivity contribution in [2.75, 3.05) is 6.54 Å². The van der Waals surface area contributed by atoms with Gasteiger partial charge in [0.25, 0.3) is 0 Å². The number of benzene rings is 1. The Morgan fingerprint density at radius 3 is 3.00 bits per heavy atom. The molecule has 0 fully saturated rings. The molecule has 0 amide bonds. The minimum Gasteiger partial charge on any atom is -0.441 e. The number of fused-ring (bicyclic) bond motifs is 3. The lowest BCUT2D eigenvalue weighted by atomic mass is 10.1. The SMILES string of the molecule is Cc1nc2c(ccc3[nH]cc(CCNC(C)C)c32)o1. The second kappa shape index (κ2) is 4.70. The van der Waals surface area contributed by atoms with E-state index in [2.05, 4.69) is 41.4 Å². The zero-order valence-corrected chi connectivity index (χ0v) is 11.6. The molecule has 3 aromatic rings. The van der Waals surface area contributed by atoms with Crippen molar-refractivity contribution in [1.29, 1.82) is 0 Å². The predicted molar refractivity (Wildman–Crippen MR) is 77.4 cm³/mol. The molecule has 2 N–H and O–H groups in total. The molecule has 4 nitrogen and oxygen atoms in total. The fourth-order valence-corrected chi connectivity index (χ4v) is 2.48. The van der Waals surface area contributed by atoms with E-state index in [0.29, 0.717) is 6.04 Å². The highest BCUT2D eigenvalue weighted by Gasteiger charge is 2.12. The highest BCUT2D eigenvalue weighted by Crippen LogP contribution is 2.28. The molecule has 0 aliphatic rings. The molecular formula is C15H19N3O. The summed E-state index contributed by atoms with van der Waals surface area (Å²) in [6.07, 6.45) is 3.07. The van der Waals surface area contributed by atoms with E-state index in [0.717, 1.165) is 35.5 Å². The highest BCUT2D eigenvalue weighted by molar-refractivity contribution is 6.04. The van der Waals surface area contributed by atoms with Crippen LogP contribution in [0.4, 0.5) is 0 Å². The van der Waals surface area contributed by atoms with Crippen LogP contribution < -0.4 is 5.32 Å². The van der Waals surface area contributed by atoms with Crippen LogP contribution in [-0.2, 0) is 6.42 Å². The van der Waals surface area contributed by atoms with E-state index in [1.165, 1.54) is 10.9 Å². The summed E-state index contributed by atoms with van der Waals surface area (Å²) in [6, 6.07) is 4.55. The second-order valence-corrected chi connectivity index (χ2v) is 5.24. The molecule has 0 aliphatic heterocycles. The van der Waals surface area contributed by atoms with Crippen LogP contribution >= 0.6 is 0 Å². The van der Waals surface area contributed by atoms with Gasteiger partial charge in [0.2, 0.25) is 0 Å². The van der Waals surface area contributed by atoms with E-state index < -0.39 is 0 Å². The molecule has 0 spiro atoms. The van der Waals surface area contributed by atoms with Crippen molar-refractivity contribution in [2.45, 2.75) is 33.2 Å². The van der Waals surface area contributed by atoms with Gasteiger partial charge in [0.15, 0.2) is 11.5 Å². The molecule has 0 unspecified atom stereocenters. The van der Waals surface area contributed by atoms with Crippen molar-refractivity contribution in [3.05, 3.63) is 29.8 Å². The average molecular weight is 257 g/mol. The molecule has 2 aromatic heterocycles. The molecule has 19 heavy (non-hydrogen) atoms. The molecule has 0 aliphatic carbocycles. The summed E-state index contributed by atoms with van der Waals surface area (Å²) in [7, 11) is 0. The van der Waals surface area contributed by atoms with Gasteiger partial charge in [0.1, 0.15) is 5.52 Å². The zero-order chi connectivity index (χ0) is 13.4. The Morgan fingerprint density at radius 2 is 2.21 bits per heavy atom. The monoisotopic (exact) mass is 257 g/mol. The van der Waals surface area contributed by atoms with E-state index in [-0.39, 0.29) is 0 Å². The third-order valence-corrected chi connectivity index (χ3v) is 3.34. The van der Waals surface area contributed by atoms with Crippen molar-refractivity contribution < 1.29 is 4.42 Å². The highest BCUT2D eigenvalue weighted by atomic mass is 16.3. The Labute approximate surface area is 112 Å². The third-order valence-electron chi connectivity index (χ3n) is 3.34. The Balaban J connectivity index is 2.02. The van der Waals surface area contributed by atoms with E-state index in [9.17, 15) is 0 Å². The zero-order valence-electron chi connectivity index (χ0n) is 11.6. The minimum absolute atomic E-state index is 0.513. The van der Waals surface area contributed by atoms with Crippen LogP contribution in [0.3, 0.4) is 0 Å². The summed E-state index contributed by atoms with van der Waals surface area (Å²) >= 11 is 0. The standard InChI is InChI=1S/C15H19N3O/c1-9(2)16-7-6-11-8-17-12-4-5-13-15(14(11)12)18-10(3)19-13/h4-5,8-9,16-17H,6-7H2,1-3H3. The van der Waals surface area contributed by atoms with Crippen molar-refractivity contribution in [3.8, 4) is 0 Å². The van der Waals surface area contributed by atoms with Crippen LogP contribution in [0.25, 0.3) is 22.0 Å². The van der Waals surface area contributed by atoms with Crippen molar-refractivity contribution in [2.24, 2.45) is 0 Å². The maximum Gasteiger partial charge on any atom is 0.192 e.